The van der Waals surface area contributed by atoms with Gasteiger partial charge < -0.3 is 30.1 Å². The third-order valence-corrected chi connectivity index (χ3v) is 7.17. The van der Waals surface area contributed by atoms with Crippen LogP contribution in [0.4, 0.5) is 0 Å². The lowest BCUT2D eigenvalue weighted by Gasteiger charge is -2.37. The Bertz CT molecular complexity index is 923. The molecule has 2 heterocycles. The first-order valence-corrected chi connectivity index (χ1v) is 12.3. The highest BCUT2D eigenvalue weighted by Gasteiger charge is 2.38. The number of benzene rings is 2. The largest absolute Gasteiger partial charge is 0.490 e. The van der Waals surface area contributed by atoms with Gasteiger partial charge in [0, 0.05) is 6.42 Å². The van der Waals surface area contributed by atoms with Gasteiger partial charge in [-0.3, -0.25) is 0 Å². The summed E-state index contributed by atoms with van der Waals surface area (Å²) >= 11 is 0. The van der Waals surface area contributed by atoms with E-state index in [1.165, 1.54) is 29.5 Å². The summed E-state index contributed by atoms with van der Waals surface area (Å²) in [5.41, 5.74) is 4.66. The molecule has 4 N–H and O–H groups in total. The first-order chi connectivity index (χ1) is 16.1. The molecule has 1 saturated carbocycles. The molecule has 3 aliphatic rings. The second-order valence-electron chi connectivity index (χ2n) is 9.78. The quantitative estimate of drug-likeness (QED) is 0.515. The number of hydrogen-bond acceptors (Lipinski definition) is 6. The number of aliphatic hydroxyl groups is 3. The van der Waals surface area contributed by atoms with Crippen molar-refractivity contribution < 1.29 is 24.8 Å². The standard InChI is InChI=1S/C27H35NO5/c29-16-23-15-25(30)26(31)27(33-23)19-5-8-24(18-3-4-18)20(14-19)13-17-1-6-21(7-2-17)32-22-9-11-28-12-10-22/h1-2,5-8,14,18,22-23,25-31H,3-4,9-13,15-16H2/t23?,25?,26-,27+/m1/s1. The van der Waals surface area contributed by atoms with Crippen LogP contribution < -0.4 is 10.1 Å². The summed E-state index contributed by atoms with van der Waals surface area (Å²) in [5, 5.41) is 33.7. The summed E-state index contributed by atoms with van der Waals surface area (Å²) in [7, 11) is 0. The van der Waals surface area contributed by atoms with Gasteiger partial charge in [-0.05, 0) is 85.5 Å². The number of aliphatic hydroxyl groups excluding tert-OH is 3. The summed E-state index contributed by atoms with van der Waals surface area (Å²) in [6.45, 7) is 1.86. The Balaban J connectivity index is 1.33. The van der Waals surface area contributed by atoms with Crippen molar-refractivity contribution in [3.05, 3.63) is 64.7 Å². The van der Waals surface area contributed by atoms with Crippen LogP contribution in [0.3, 0.4) is 0 Å². The van der Waals surface area contributed by atoms with Crippen LogP contribution in [0.15, 0.2) is 42.5 Å². The minimum atomic E-state index is -1.00. The summed E-state index contributed by atoms with van der Waals surface area (Å²) in [4.78, 5) is 0. The topological polar surface area (TPSA) is 91.2 Å². The van der Waals surface area contributed by atoms with E-state index in [0.717, 1.165) is 43.7 Å². The Labute approximate surface area is 195 Å². The first-order valence-electron chi connectivity index (χ1n) is 12.3. The van der Waals surface area contributed by atoms with Crippen molar-refractivity contribution in [1.29, 1.82) is 0 Å². The Kier molecular flexibility index (Phi) is 6.99. The molecule has 5 rings (SSSR count). The molecule has 0 radical (unpaired) electrons. The lowest BCUT2D eigenvalue weighted by molar-refractivity contribution is -0.179. The fourth-order valence-electron chi connectivity index (χ4n) is 5.11. The van der Waals surface area contributed by atoms with E-state index in [-0.39, 0.29) is 19.1 Å². The van der Waals surface area contributed by atoms with Crippen molar-refractivity contribution in [1.82, 2.24) is 5.32 Å². The van der Waals surface area contributed by atoms with Gasteiger partial charge in [0.15, 0.2) is 0 Å². The van der Waals surface area contributed by atoms with Crippen molar-refractivity contribution in [2.24, 2.45) is 0 Å². The molecule has 0 aromatic heterocycles. The number of ether oxygens (including phenoxy) is 2. The highest BCUT2D eigenvalue weighted by molar-refractivity contribution is 5.42. The van der Waals surface area contributed by atoms with Crippen molar-refractivity contribution in [2.45, 2.75) is 75.0 Å². The SMILES string of the molecule is OCC1CC(O)[C@@H](O)[C@H](c2ccc(C3CC3)c(Cc3ccc(OC4CCNCC4)cc3)c2)O1. The van der Waals surface area contributed by atoms with E-state index in [9.17, 15) is 15.3 Å². The molecule has 178 valence electrons. The van der Waals surface area contributed by atoms with Crippen LogP contribution in [0.2, 0.25) is 0 Å². The molecule has 6 nitrogen and oxygen atoms in total. The smallest absolute Gasteiger partial charge is 0.119 e. The second kappa shape index (κ2) is 10.1. The Morgan fingerprint density at radius 2 is 1.73 bits per heavy atom. The third kappa shape index (κ3) is 5.42. The monoisotopic (exact) mass is 453 g/mol. The maximum absolute atomic E-state index is 10.6. The van der Waals surface area contributed by atoms with Crippen LogP contribution in [0, 0.1) is 0 Å². The summed E-state index contributed by atoms with van der Waals surface area (Å²) in [5.74, 6) is 1.52. The van der Waals surface area contributed by atoms with Crippen molar-refractivity contribution in [3.8, 4) is 5.75 Å². The average Bonchev–Trinajstić information content (AvgIpc) is 3.68. The average molecular weight is 454 g/mol. The van der Waals surface area contributed by atoms with E-state index >= 15 is 0 Å². The van der Waals surface area contributed by atoms with E-state index in [4.69, 9.17) is 9.47 Å². The number of hydrogen-bond donors (Lipinski definition) is 4. The van der Waals surface area contributed by atoms with Crippen LogP contribution in [0.25, 0.3) is 0 Å². The molecule has 2 aromatic rings. The van der Waals surface area contributed by atoms with E-state index in [0.29, 0.717) is 5.92 Å². The Morgan fingerprint density at radius 3 is 2.42 bits per heavy atom. The zero-order valence-corrected chi connectivity index (χ0v) is 19.0. The molecule has 3 fully saturated rings. The molecule has 0 bridgehead atoms. The fourth-order valence-corrected chi connectivity index (χ4v) is 5.11. The van der Waals surface area contributed by atoms with Crippen LogP contribution in [0.1, 0.15) is 66.4 Å². The fraction of sp³-hybridized carbons (Fsp3) is 0.556. The van der Waals surface area contributed by atoms with Gasteiger partial charge in [0.25, 0.3) is 0 Å². The van der Waals surface area contributed by atoms with Crippen LogP contribution >= 0.6 is 0 Å². The van der Waals surface area contributed by atoms with Gasteiger partial charge in [-0.1, -0.05) is 30.3 Å². The van der Waals surface area contributed by atoms with Crippen molar-refractivity contribution >= 4 is 0 Å². The number of nitrogens with one attached hydrogen (secondary N) is 1. The molecule has 2 aliphatic heterocycles. The molecule has 0 amide bonds. The minimum Gasteiger partial charge on any atom is -0.490 e. The first kappa shape index (κ1) is 22.8. The Hall–Kier alpha value is -1.96. The molecule has 2 unspecified atom stereocenters. The van der Waals surface area contributed by atoms with Crippen LogP contribution in [0.5, 0.6) is 5.75 Å². The molecule has 6 heteroatoms. The maximum atomic E-state index is 10.6. The molecular weight excluding hydrogens is 418 g/mol. The van der Waals surface area contributed by atoms with Crippen molar-refractivity contribution in [2.75, 3.05) is 19.7 Å². The third-order valence-electron chi connectivity index (χ3n) is 7.17. The van der Waals surface area contributed by atoms with Gasteiger partial charge >= 0.3 is 0 Å². The predicted octanol–water partition coefficient (Wildman–Crippen LogP) is 2.83. The van der Waals surface area contributed by atoms with E-state index < -0.39 is 24.4 Å². The molecule has 0 spiro atoms. The summed E-state index contributed by atoms with van der Waals surface area (Å²) in [6, 6.07) is 14.7. The van der Waals surface area contributed by atoms with Gasteiger partial charge in [-0.15, -0.1) is 0 Å². The lowest BCUT2D eigenvalue weighted by Crippen LogP contribution is -2.44. The van der Waals surface area contributed by atoms with E-state index in [1.54, 1.807) is 0 Å². The van der Waals surface area contributed by atoms with Crippen LogP contribution in [-0.4, -0.2) is 59.4 Å². The maximum Gasteiger partial charge on any atom is 0.119 e. The molecule has 1 aliphatic carbocycles. The molecular formula is C27H35NO5. The predicted molar refractivity (Wildman–Crippen MR) is 126 cm³/mol. The minimum absolute atomic E-state index is 0.168. The second-order valence-corrected chi connectivity index (χ2v) is 9.78. The van der Waals surface area contributed by atoms with Crippen molar-refractivity contribution in [3.63, 3.8) is 0 Å². The van der Waals surface area contributed by atoms with Crippen LogP contribution in [-0.2, 0) is 11.2 Å². The van der Waals surface area contributed by atoms with Gasteiger partial charge in [0.2, 0.25) is 0 Å². The lowest BCUT2D eigenvalue weighted by atomic mass is 9.89. The molecule has 2 saturated heterocycles. The van der Waals surface area contributed by atoms with E-state index in [1.807, 2.05) is 6.07 Å². The summed E-state index contributed by atoms with van der Waals surface area (Å²) < 4.78 is 12.1. The van der Waals surface area contributed by atoms with Gasteiger partial charge in [-0.2, -0.15) is 0 Å². The van der Waals surface area contributed by atoms with Gasteiger partial charge in [0.05, 0.1) is 18.8 Å². The molecule has 33 heavy (non-hydrogen) atoms. The zero-order chi connectivity index (χ0) is 22.8. The van der Waals surface area contributed by atoms with E-state index in [2.05, 4.69) is 41.7 Å². The molecule has 4 atom stereocenters. The molecule has 2 aromatic carbocycles. The Morgan fingerprint density at radius 1 is 0.970 bits per heavy atom. The number of piperidine rings is 1. The highest BCUT2D eigenvalue weighted by atomic mass is 16.5. The number of rotatable bonds is 7. The van der Waals surface area contributed by atoms with Gasteiger partial charge in [-0.25, -0.2) is 0 Å². The zero-order valence-electron chi connectivity index (χ0n) is 19.0. The van der Waals surface area contributed by atoms with Gasteiger partial charge in [0.1, 0.15) is 24.1 Å². The highest BCUT2D eigenvalue weighted by Crippen LogP contribution is 2.43. The normalized spacial score (nSPS) is 28.6. The summed E-state index contributed by atoms with van der Waals surface area (Å²) in [6.07, 6.45) is 2.82.